The van der Waals surface area contributed by atoms with Gasteiger partial charge in [-0.1, -0.05) is 0 Å². The second-order valence-electron chi connectivity index (χ2n) is 5.75. The molecule has 140 valence electrons. The number of carboxylic acids is 1. The van der Waals surface area contributed by atoms with E-state index in [1.807, 2.05) is 0 Å². The quantitative estimate of drug-likeness (QED) is 0.695. The number of sulfonamides is 1. The Morgan fingerprint density at radius 2 is 1.81 bits per heavy atom. The van der Waals surface area contributed by atoms with Crippen LogP contribution in [-0.2, 0) is 10.0 Å². The SMILES string of the molecule is Cc1cc(NS(=O)(=O)c2ccc(F)c(F)c2)ccc1-n1cccc1C(=O)O. The molecule has 2 aromatic carbocycles. The van der Waals surface area contributed by atoms with Crippen LogP contribution in [-0.4, -0.2) is 24.1 Å². The number of carbonyl (C=O) groups is 1. The fraction of sp³-hybridized carbons (Fsp3) is 0.0556. The number of halogens is 2. The average Bonchev–Trinajstić information content (AvgIpc) is 3.06. The summed E-state index contributed by atoms with van der Waals surface area (Å²) < 4.78 is 54.8. The van der Waals surface area contributed by atoms with E-state index in [-0.39, 0.29) is 11.4 Å². The highest BCUT2D eigenvalue weighted by Crippen LogP contribution is 2.24. The van der Waals surface area contributed by atoms with Gasteiger partial charge in [0.15, 0.2) is 11.6 Å². The van der Waals surface area contributed by atoms with Crippen molar-refractivity contribution in [1.82, 2.24) is 4.57 Å². The van der Waals surface area contributed by atoms with Crippen LogP contribution in [0, 0.1) is 18.6 Å². The molecule has 0 spiro atoms. The van der Waals surface area contributed by atoms with Crippen LogP contribution < -0.4 is 4.72 Å². The van der Waals surface area contributed by atoms with Crippen molar-refractivity contribution in [3.63, 3.8) is 0 Å². The van der Waals surface area contributed by atoms with Crippen molar-refractivity contribution in [2.45, 2.75) is 11.8 Å². The number of nitrogens with zero attached hydrogens (tertiary/aromatic N) is 1. The summed E-state index contributed by atoms with van der Waals surface area (Å²) in [6, 6.07) is 9.84. The van der Waals surface area contributed by atoms with Gasteiger partial charge in [0.1, 0.15) is 5.69 Å². The zero-order valence-electron chi connectivity index (χ0n) is 14.0. The highest BCUT2D eigenvalue weighted by molar-refractivity contribution is 7.92. The summed E-state index contributed by atoms with van der Waals surface area (Å²) >= 11 is 0. The zero-order valence-corrected chi connectivity index (χ0v) is 14.8. The number of rotatable bonds is 5. The molecule has 3 aromatic rings. The molecular formula is C18H14F2N2O4S. The second kappa shape index (κ2) is 6.84. The number of nitrogens with one attached hydrogen (secondary N) is 1. The molecule has 2 N–H and O–H groups in total. The second-order valence-corrected chi connectivity index (χ2v) is 7.43. The summed E-state index contributed by atoms with van der Waals surface area (Å²) in [5.74, 6) is -3.50. The van der Waals surface area contributed by atoms with Gasteiger partial charge < -0.3 is 9.67 Å². The maximum absolute atomic E-state index is 13.3. The Bertz CT molecular complexity index is 1140. The van der Waals surface area contributed by atoms with Crippen molar-refractivity contribution >= 4 is 21.7 Å². The molecule has 0 aliphatic heterocycles. The molecule has 0 bridgehead atoms. The molecule has 0 fully saturated rings. The van der Waals surface area contributed by atoms with Crippen LogP contribution in [0.3, 0.4) is 0 Å². The third-order valence-corrected chi connectivity index (χ3v) is 5.26. The summed E-state index contributed by atoms with van der Waals surface area (Å²) in [4.78, 5) is 10.8. The van der Waals surface area contributed by atoms with Crippen molar-refractivity contribution in [3.05, 3.63) is 77.6 Å². The Morgan fingerprint density at radius 3 is 2.44 bits per heavy atom. The molecule has 0 atom stereocenters. The van der Waals surface area contributed by atoms with E-state index in [4.69, 9.17) is 0 Å². The van der Waals surface area contributed by atoms with Gasteiger partial charge in [0.25, 0.3) is 10.0 Å². The van der Waals surface area contributed by atoms with Crippen molar-refractivity contribution < 1.29 is 27.1 Å². The van der Waals surface area contributed by atoms with E-state index in [9.17, 15) is 27.1 Å². The maximum atomic E-state index is 13.3. The summed E-state index contributed by atoms with van der Waals surface area (Å²) in [6.07, 6.45) is 1.58. The van der Waals surface area contributed by atoms with Gasteiger partial charge in [0, 0.05) is 17.6 Å². The van der Waals surface area contributed by atoms with E-state index in [2.05, 4.69) is 4.72 Å². The lowest BCUT2D eigenvalue weighted by molar-refractivity contribution is 0.0688. The normalized spacial score (nSPS) is 11.4. The fourth-order valence-electron chi connectivity index (χ4n) is 2.61. The van der Waals surface area contributed by atoms with Gasteiger partial charge in [-0.25, -0.2) is 22.0 Å². The van der Waals surface area contributed by atoms with Crippen LogP contribution in [0.2, 0.25) is 0 Å². The first kappa shape index (κ1) is 18.6. The minimum absolute atomic E-state index is 0.0632. The van der Waals surface area contributed by atoms with Gasteiger partial charge in [-0.2, -0.15) is 0 Å². The maximum Gasteiger partial charge on any atom is 0.352 e. The van der Waals surface area contributed by atoms with Gasteiger partial charge >= 0.3 is 5.97 Å². The van der Waals surface area contributed by atoms with Crippen molar-refractivity contribution in [1.29, 1.82) is 0 Å². The molecule has 0 saturated heterocycles. The summed E-state index contributed by atoms with van der Waals surface area (Å²) in [7, 11) is -4.12. The third kappa shape index (κ3) is 3.68. The first-order chi connectivity index (χ1) is 12.7. The predicted molar refractivity (Wildman–Crippen MR) is 94.6 cm³/mol. The zero-order chi connectivity index (χ0) is 19.8. The Labute approximate surface area is 153 Å². The molecule has 3 rings (SSSR count). The number of aryl methyl sites for hydroxylation is 1. The predicted octanol–water partition coefficient (Wildman–Crippen LogP) is 3.56. The van der Waals surface area contributed by atoms with Gasteiger partial charge in [-0.05, 0) is 61.0 Å². The molecule has 0 unspecified atom stereocenters. The van der Waals surface area contributed by atoms with E-state index >= 15 is 0 Å². The Balaban J connectivity index is 1.93. The topological polar surface area (TPSA) is 88.4 Å². The lowest BCUT2D eigenvalue weighted by Crippen LogP contribution is -2.14. The standard InChI is InChI=1S/C18H14F2N2O4S/c1-11-9-12(4-7-16(11)22-8-2-3-17(22)18(23)24)21-27(25,26)13-5-6-14(19)15(20)10-13/h2-10,21H,1H3,(H,23,24). The molecule has 1 heterocycles. The molecular weight excluding hydrogens is 378 g/mol. The van der Waals surface area contributed by atoms with Crippen LogP contribution in [0.1, 0.15) is 16.1 Å². The highest BCUT2D eigenvalue weighted by atomic mass is 32.2. The number of hydrogen-bond acceptors (Lipinski definition) is 3. The molecule has 0 saturated carbocycles. The van der Waals surface area contributed by atoms with E-state index in [1.54, 1.807) is 25.3 Å². The van der Waals surface area contributed by atoms with Gasteiger partial charge in [0.05, 0.1) is 4.90 Å². The molecule has 0 amide bonds. The molecule has 6 nitrogen and oxygen atoms in total. The largest absolute Gasteiger partial charge is 0.477 e. The first-order valence-corrected chi connectivity index (χ1v) is 9.17. The molecule has 1 aromatic heterocycles. The lowest BCUT2D eigenvalue weighted by atomic mass is 10.1. The average molecular weight is 392 g/mol. The Hall–Kier alpha value is -3.20. The van der Waals surface area contributed by atoms with Crippen molar-refractivity contribution in [2.24, 2.45) is 0 Å². The number of carboxylic acid groups (broad SMARTS) is 1. The van der Waals surface area contributed by atoms with Crippen LogP contribution in [0.4, 0.5) is 14.5 Å². The van der Waals surface area contributed by atoms with E-state index in [1.165, 1.54) is 22.8 Å². The Kier molecular flexibility index (Phi) is 4.71. The monoisotopic (exact) mass is 392 g/mol. The molecule has 0 aliphatic rings. The van der Waals surface area contributed by atoms with Gasteiger partial charge in [0.2, 0.25) is 0 Å². The molecule has 27 heavy (non-hydrogen) atoms. The van der Waals surface area contributed by atoms with E-state index in [0.29, 0.717) is 17.3 Å². The first-order valence-electron chi connectivity index (χ1n) is 7.68. The van der Waals surface area contributed by atoms with Crippen molar-refractivity contribution in [3.8, 4) is 5.69 Å². The number of hydrogen-bond donors (Lipinski definition) is 2. The number of benzene rings is 2. The summed E-state index contributed by atoms with van der Waals surface area (Å²) in [6.45, 7) is 1.69. The number of aromatic carboxylic acids is 1. The van der Waals surface area contributed by atoms with Gasteiger partial charge in [-0.15, -0.1) is 0 Å². The summed E-state index contributed by atoms with van der Waals surface area (Å²) in [5, 5.41) is 9.21. The minimum Gasteiger partial charge on any atom is -0.477 e. The fourth-order valence-corrected chi connectivity index (χ4v) is 3.67. The Morgan fingerprint density at radius 1 is 1.07 bits per heavy atom. The smallest absolute Gasteiger partial charge is 0.352 e. The number of aromatic nitrogens is 1. The third-order valence-electron chi connectivity index (χ3n) is 3.88. The molecule has 0 radical (unpaired) electrons. The van der Waals surface area contributed by atoms with Crippen LogP contribution in [0.25, 0.3) is 5.69 Å². The summed E-state index contributed by atoms with van der Waals surface area (Å²) in [5.41, 5.74) is 1.44. The lowest BCUT2D eigenvalue weighted by Gasteiger charge is -2.13. The van der Waals surface area contributed by atoms with E-state index < -0.39 is 32.5 Å². The van der Waals surface area contributed by atoms with E-state index in [0.717, 1.165) is 12.1 Å². The van der Waals surface area contributed by atoms with Crippen molar-refractivity contribution in [2.75, 3.05) is 4.72 Å². The van der Waals surface area contributed by atoms with Crippen LogP contribution in [0.5, 0.6) is 0 Å². The molecule has 9 heteroatoms. The minimum atomic E-state index is -4.12. The van der Waals surface area contributed by atoms with Crippen LogP contribution >= 0.6 is 0 Å². The highest BCUT2D eigenvalue weighted by Gasteiger charge is 2.18. The molecule has 0 aliphatic carbocycles. The van der Waals surface area contributed by atoms with Gasteiger partial charge in [-0.3, -0.25) is 4.72 Å². The van der Waals surface area contributed by atoms with Crippen LogP contribution in [0.15, 0.2) is 59.6 Å². The number of anilines is 1.